The highest BCUT2D eigenvalue weighted by atomic mass is 32.1. The SMILES string of the molecule is C=CCNC(=O)c1c([Si](C)(C)C)sc(C)c1C.C[Si](C)(C)CC(O)(Cn1cncn1)c1ccc(F)cc1. The Morgan fingerprint density at radius 1 is 1.19 bits per heavy atom. The summed E-state index contributed by atoms with van der Waals surface area (Å²) in [5, 5.41) is 18.1. The summed E-state index contributed by atoms with van der Waals surface area (Å²) in [6.45, 7) is 22.0. The van der Waals surface area contributed by atoms with Crippen LogP contribution in [0.4, 0.5) is 4.39 Å². The molecule has 2 N–H and O–H groups in total. The van der Waals surface area contributed by atoms with Gasteiger partial charge in [0.15, 0.2) is 0 Å². The Labute approximate surface area is 226 Å². The second-order valence-electron chi connectivity index (χ2n) is 11.6. The van der Waals surface area contributed by atoms with Crippen LogP contribution in [-0.4, -0.2) is 48.5 Å². The van der Waals surface area contributed by atoms with Crippen molar-refractivity contribution in [2.24, 2.45) is 0 Å². The minimum atomic E-state index is -1.53. The van der Waals surface area contributed by atoms with Crippen LogP contribution in [0.15, 0.2) is 49.6 Å². The fraction of sp³-hybridized carbons (Fsp3) is 0.444. The number of hydrogen-bond donors (Lipinski definition) is 2. The summed E-state index contributed by atoms with van der Waals surface area (Å²) < 4.78 is 16.0. The predicted molar refractivity (Wildman–Crippen MR) is 158 cm³/mol. The van der Waals surface area contributed by atoms with Gasteiger partial charge in [-0.15, -0.1) is 17.9 Å². The van der Waals surface area contributed by atoms with E-state index in [1.807, 2.05) is 6.92 Å². The van der Waals surface area contributed by atoms with E-state index < -0.39 is 21.7 Å². The number of hydrogen-bond acceptors (Lipinski definition) is 5. The monoisotopic (exact) mass is 560 g/mol. The number of rotatable bonds is 9. The molecular formula is C27H41FN4O2SSi2. The molecule has 0 aliphatic carbocycles. The van der Waals surface area contributed by atoms with Crippen LogP contribution in [-0.2, 0) is 12.1 Å². The molecule has 0 aliphatic rings. The normalized spacial score (nSPS) is 13.4. The van der Waals surface area contributed by atoms with Crippen LogP contribution in [0.3, 0.4) is 0 Å². The zero-order valence-corrected chi connectivity index (χ0v) is 26.2. The first kappa shape index (κ1) is 30.8. The van der Waals surface area contributed by atoms with Gasteiger partial charge in [-0.3, -0.25) is 4.79 Å². The molecule has 3 rings (SSSR count). The number of nitrogens with zero attached hydrogens (tertiary/aromatic N) is 3. The van der Waals surface area contributed by atoms with Crippen LogP contribution in [0.5, 0.6) is 0 Å². The number of amides is 1. The van der Waals surface area contributed by atoms with E-state index in [9.17, 15) is 14.3 Å². The average molecular weight is 561 g/mol. The van der Waals surface area contributed by atoms with Gasteiger partial charge in [0.25, 0.3) is 5.91 Å². The first-order valence-electron chi connectivity index (χ1n) is 12.4. The fourth-order valence-electron chi connectivity index (χ4n) is 4.15. The maximum atomic E-state index is 13.1. The van der Waals surface area contributed by atoms with E-state index in [2.05, 4.69) is 68.2 Å². The van der Waals surface area contributed by atoms with E-state index in [1.54, 1.807) is 40.6 Å². The largest absolute Gasteiger partial charge is 0.384 e. The van der Waals surface area contributed by atoms with E-state index in [4.69, 9.17) is 0 Å². The molecule has 6 nitrogen and oxygen atoms in total. The van der Waals surface area contributed by atoms with E-state index >= 15 is 0 Å². The molecule has 202 valence electrons. The highest BCUT2D eigenvalue weighted by molar-refractivity contribution is 7.27. The van der Waals surface area contributed by atoms with Crippen molar-refractivity contribution in [2.75, 3.05) is 6.54 Å². The molecule has 1 unspecified atom stereocenters. The fourth-order valence-corrected chi connectivity index (χ4v) is 9.87. The van der Waals surface area contributed by atoms with Gasteiger partial charge in [-0.25, -0.2) is 14.1 Å². The zero-order valence-electron chi connectivity index (χ0n) is 23.4. The third kappa shape index (κ3) is 8.84. The number of thiophene rings is 1. The summed E-state index contributed by atoms with van der Waals surface area (Å²) in [4.78, 5) is 17.3. The number of carbonyl (C=O) groups excluding carboxylic acids is 1. The van der Waals surface area contributed by atoms with Gasteiger partial charge in [-0.05, 0) is 43.2 Å². The Morgan fingerprint density at radius 3 is 2.30 bits per heavy atom. The molecule has 0 bridgehead atoms. The summed E-state index contributed by atoms with van der Waals surface area (Å²) in [7, 11) is -2.99. The lowest BCUT2D eigenvalue weighted by Gasteiger charge is -2.33. The zero-order chi connectivity index (χ0) is 28.0. The van der Waals surface area contributed by atoms with Gasteiger partial charge >= 0.3 is 0 Å². The predicted octanol–water partition coefficient (Wildman–Crippen LogP) is 5.47. The summed E-state index contributed by atoms with van der Waals surface area (Å²) in [6, 6.07) is 6.72. The summed E-state index contributed by atoms with van der Waals surface area (Å²) in [5.41, 5.74) is 1.71. The lowest BCUT2D eigenvalue weighted by molar-refractivity contribution is 0.0331. The minimum absolute atomic E-state index is 0.0455. The lowest BCUT2D eigenvalue weighted by Crippen LogP contribution is -2.41. The van der Waals surface area contributed by atoms with Gasteiger partial charge in [0.1, 0.15) is 24.1 Å². The van der Waals surface area contributed by atoms with E-state index in [0.29, 0.717) is 19.1 Å². The molecule has 2 aromatic heterocycles. The Balaban J connectivity index is 0.000000264. The number of carbonyl (C=O) groups is 1. The standard InChI is InChI=1S/C14H20FN3OSi.C13H21NOSSi/c1-20(2,3)9-14(19,8-18-11-16-10-17-18)12-4-6-13(15)7-5-12;1-7-8-14-12(15)11-9(2)10(3)16-13(11)17(4,5)6/h4-7,10-11,19H,8-9H2,1-3H3;7H,1,8H2,2-6H3,(H,14,15). The molecule has 0 spiro atoms. The van der Waals surface area contributed by atoms with Crippen molar-refractivity contribution in [1.82, 2.24) is 20.1 Å². The van der Waals surface area contributed by atoms with Crippen molar-refractivity contribution in [1.29, 1.82) is 0 Å². The Morgan fingerprint density at radius 2 is 1.81 bits per heavy atom. The second-order valence-corrected chi connectivity index (χ2v) is 23.7. The number of halogens is 1. The first-order chi connectivity index (χ1) is 17.1. The third-order valence-electron chi connectivity index (χ3n) is 5.80. The van der Waals surface area contributed by atoms with Crippen molar-refractivity contribution in [3.63, 3.8) is 0 Å². The van der Waals surface area contributed by atoms with E-state index in [0.717, 1.165) is 16.7 Å². The van der Waals surface area contributed by atoms with Crippen molar-refractivity contribution in [3.05, 3.63) is 77.0 Å². The van der Waals surface area contributed by atoms with Crippen LogP contribution in [0.1, 0.15) is 26.4 Å². The number of aryl methyl sites for hydroxylation is 1. The number of aliphatic hydroxyl groups is 1. The summed E-state index contributed by atoms with van der Waals surface area (Å²) in [6.07, 6.45) is 4.74. The smallest absolute Gasteiger partial charge is 0.252 e. The maximum absolute atomic E-state index is 13.1. The second kappa shape index (κ2) is 12.4. The van der Waals surface area contributed by atoms with Crippen LogP contribution >= 0.6 is 11.3 Å². The highest BCUT2D eigenvalue weighted by Crippen LogP contribution is 2.32. The Hall–Kier alpha value is -2.41. The molecule has 0 radical (unpaired) electrons. The number of aromatic nitrogens is 3. The van der Waals surface area contributed by atoms with Gasteiger partial charge in [0, 0.05) is 24.0 Å². The Kier molecular flexibility index (Phi) is 10.3. The van der Waals surface area contributed by atoms with Crippen molar-refractivity contribution < 1.29 is 14.3 Å². The lowest BCUT2D eigenvalue weighted by atomic mass is 9.96. The van der Waals surface area contributed by atoms with Crippen LogP contribution in [0.25, 0.3) is 0 Å². The molecule has 0 saturated carbocycles. The maximum Gasteiger partial charge on any atom is 0.252 e. The molecule has 2 heterocycles. The molecular weight excluding hydrogens is 520 g/mol. The Bertz CT molecular complexity index is 1180. The average Bonchev–Trinajstić information content (AvgIpc) is 3.39. The van der Waals surface area contributed by atoms with E-state index in [1.165, 1.54) is 27.8 Å². The molecule has 0 saturated heterocycles. The number of nitrogens with one attached hydrogen (secondary N) is 1. The van der Waals surface area contributed by atoms with Gasteiger partial charge in [0.05, 0.1) is 20.2 Å². The van der Waals surface area contributed by atoms with Crippen LogP contribution in [0, 0.1) is 19.7 Å². The van der Waals surface area contributed by atoms with Gasteiger partial charge in [0.2, 0.25) is 0 Å². The van der Waals surface area contributed by atoms with Crippen molar-refractivity contribution in [3.8, 4) is 0 Å². The van der Waals surface area contributed by atoms with Crippen molar-refractivity contribution in [2.45, 2.75) is 71.3 Å². The number of benzene rings is 1. The van der Waals surface area contributed by atoms with Crippen molar-refractivity contribution >= 4 is 37.9 Å². The molecule has 0 fully saturated rings. The molecule has 1 aromatic carbocycles. The van der Waals surface area contributed by atoms with Crippen LogP contribution < -0.4 is 9.82 Å². The first-order valence-corrected chi connectivity index (χ1v) is 20.4. The van der Waals surface area contributed by atoms with Crippen LogP contribution in [0.2, 0.25) is 45.3 Å². The van der Waals surface area contributed by atoms with Gasteiger partial charge < -0.3 is 10.4 Å². The molecule has 1 amide bonds. The summed E-state index contributed by atoms with van der Waals surface area (Å²) in [5.74, 6) is -0.256. The molecule has 37 heavy (non-hydrogen) atoms. The highest BCUT2D eigenvalue weighted by Gasteiger charge is 2.36. The topological polar surface area (TPSA) is 80.0 Å². The molecule has 3 aromatic rings. The van der Waals surface area contributed by atoms with Gasteiger partial charge in [-0.1, -0.05) is 57.5 Å². The van der Waals surface area contributed by atoms with Gasteiger partial charge in [-0.2, -0.15) is 5.10 Å². The summed E-state index contributed by atoms with van der Waals surface area (Å²) >= 11 is 1.78. The molecule has 1 atom stereocenters. The molecule has 10 heteroatoms. The third-order valence-corrected chi connectivity index (χ3v) is 12.2. The quantitative estimate of drug-likeness (QED) is 0.269. The minimum Gasteiger partial charge on any atom is -0.384 e. The molecule has 0 aliphatic heterocycles. The van der Waals surface area contributed by atoms with E-state index in [-0.39, 0.29) is 11.7 Å².